The number of carbonyl (C=O) groups is 1. The lowest BCUT2D eigenvalue weighted by Gasteiger charge is -2.16. The van der Waals surface area contributed by atoms with Crippen LogP contribution in [0.5, 0.6) is 0 Å². The minimum absolute atomic E-state index is 0.0268. The Balaban J connectivity index is 2.69. The number of rotatable bonds is 4. The Bertz CT molecular complexity index is 368. The first kappa shape index (κ1) is 13.0. The second-order valence-electron chi connectivity index (χ2n) is 3.91. The van der Waals surface area contributed by atoms with E-state index in [4.69, 9.17) is 11.6 Å². The number of benzene rings is 1. The third kappa shape index (κ3) is 3.22. The van der Waals surface area contributed by atoms with Gasteiger partial charge in [0.05, 0.1) is 0 Å². The summed E-state index contributed by atoms with van der Waals surface area (Å²) in [5, 5.41) is 5.38. The van der Waals surface area contributed by atoms with Gasteiger partial charge in [0, 0.05) is 17.6 Å². The van der Waals surface area contributed by atoms with Crippen molar-refractivity contribution in [3.8, 4) is 0 Å². The first-order valence-corrected chi connectivity index (χ1v) is 5.75. The Kier molecular flexibility index (Phi) is 4.77. The number of hydrogen-bond donors (Lipinski definition) is 2. The van der Waals surface area contributed by atoms with Crippen molar-refractivity contribution >= 4 is 17.5 Å². The van der Waals surface area contributed by atoms with Crippen LogP contribution in [0.3, 0.4) is 0 Å². The second-order valence-corrected chi connectivity index (χ2v) is 4.31. The zero-order valence-corrected chi connectivity index (χ0v) is 10.6. The SMILES string of the molecule is CNC(=O)[C@H](C)[NH2+][C@@H](C)c1ccccc1Cl. The fourth-order valence-electron chi connectivity index (χ4n) is 1.70. The first-order valence-electron chi connectivity index (χ1n) is 5.37. The van der Waals surface area contributed by atoms with Crippen LogP contribution in [0, 0.1) is 0 Å². The molecule has 0 aliphatic heterocycles. The molecule has 0 bridgehead atoms. The van der Waals surface area contributed by atoms with Crippen molar-refractivity contribution < 1.29 is 10.1 Å². The summed E-state index contributed by atoms with van der Waals surface area (Å²) in [6.45, 7) is 3.92. The molecule has 3 nitrogen and oxygen atoms in total. The first-order chi connectivity index (χ1) is 7.56. The van der Waals surface area contributed by atoms with Gasteiger partial charge >= 0.3 is 0 Å². The molecule has 0 saturated carbocycles. The highest BCUT2D eigenvalue weighted by Gasteiger charge is 2.20. The van der Waals surface area contributed by atoms with Crippen molar-refractivity contribution in [3.05, 3.63) is 34.9 Å². The van der Waals surface area contributed by atoms with Gasteiger partial charge in [-0.3, -0.25) is 4.79 Å². The fourth-order valence-corrected chi connectivity index (χ4v) is 2.00. The van der Waals surface area contributed by atoms with Crippen LogP contribution in [0.2, 0.25) is 5.02 Å². The minimum Gasteiger partial charge on any atom is -0.354 e. The van der Waals surface area contributed by atoms with E-state index in [0.717, 1.165) is 10.6 Å². The summed E-state index contributed by atoms with van der Waals surface area (Å²) in [5.41, 5.74) is 1.06. The van der Waals surface area contributed by atoms with Crippen molar-refractivity contribution in [1.82, 2.24) is 5.32 Å². The lowest BCUT2D eigenvalue weighted by atomic mass is 10.1. The van der Waals surface area contributed by atoms with Gasteiger partial charge in [-0.25, -0.2) is 0 Å². The van der Waals surface area contributed by atoms with Crippen molar-refractivity contribution in [2.45, 2.75) is 25.9 Å². The Morgan fingerprint density at radius 1 is 1.38 bits per heavy atom. The minimum atomic E-state index is -0.115. The van der Waals surface area contributed by atoms with E-state index in [9.17, 15) is 4.79 Å². The molecule has 0 aliphatic rings. The highest BCUT2D eigenvalue weighted by molar-refractivity contribution is 6.31. The van der Waals surface area contributed by atoms with E-state index in [-0.39, 0.29) is 18.0 Å². The molecule has 0 heterocycles. The van der Waals surface area contributed by atoms with E-state index in [0.29, 0.717) is 0 Å². The van der Waals surface area contributed by atoms with Crippen molar-refractivity contribution in [2.75, 3.05) is 7.05 Å². The van der Waals surface area contributed by atoms with Crippen LogP contribution < -0.4 is 10.6 Å². The molecule has 0 spiro atoms. The highest BCUT2D eigenvalue weighted by Crippen LogP contribution is 2.19. The summed E-state index contributed by atoms with van der Waals surface area (Å²) in [6.07, 6.45) is 0. The number of carbonyl (C=O) groups excluding carboxylic acids is 1. The molecule has 4 heteroatoms. The van der Waals surface area contributed by atoms with E-state index in [2.05, 4.69) is 5.32 Å². The van der Waals surface area contributed by atoms with Crippen molar-refractivity contribution in [3.63, 3.8) is 0 Å². The average molecular weight is 242 g/mol. The lowest BCUT2D eigenvalue weighted by molar-refractivity contribution is -0.710. The fraction of sp³-hybridized carbons (Fsp3) is 0.417. The van der Waals surface area contributed by atoms with Crippen LogP contribution >= 0.6 is 11.6 Å². The Morgan fingerprint density at radius 3 is 2.56 bits per heavy atom. The summed E-state index contributed by atoms with van der Waals surface area (Å²) < 4.78 is 0. The van der Waals surface area contributed by atoms with Crippen molar-refractivity contribution in [1.29, 1.82) is 0 Å². The smallest absolute Gasteiger partial charge is 0.277 e. The molecule has 1 aromatic carbocycles. The molecule has 1 aromatic rings. The average Bonchev–Trinajstić information content (AvgIpc) is 2.28. The molecular formula is C12H18ClN2O+. The number of quaternary nitrogens is 1. The number of nitrogens with one attached hydrogen (secondary N) is 1. The molecule has 3 N–H and O–H groups in total. The monoisotopic (exact) mass is 241 g/mol. The van der Waals surface area contributed by atoms with Crippen LogP contribution in [0.1, 0.15) is 25.5 Å². The van der Waals surface area contributed by atoms with Gasteiger partial charge in [-0.05, 0) is 19.9 Å². The van der Waals surface area contributed by atoms with E-state index in [1.807, 2.05) is 43.4 Å². The maximum atomic E-state index is 11.4. The van der Waals surface area contributed by atoms with Crippen LogP contribution in [0.15, 0.2) is 24.3 Å². The van der Waals surface area contributed by atoms with Gasteiger partial charge in [0.15, 0.2) is 6.04 Å². The van der Waals surface area contributed by atoms with Gasteiger partial charge in [-0.1, -0.05) is 29.8 Å². The number of likely N-dealkylation sites (N-methyl/N-ethyl adjacent to an activating group) is 1. The zero-order valence-electron chi connectivity index (χ0n) is 9.83. The molecule has 0 fully saturated rings. The van der Waals surface area contributed by atoms with Crippen LogP contribution in [-0.4, -0.2) is 19.0 Å². The summed E-state index contributed by atoms with van der Waals surface area (Å²) in [6, 6.07) is 7.76. The number of amides is 1. The Morgan fingerprint density at radius 2 is 2.00 bits per heavy atom. The third-order valence-corrected chi connectivity index (χ3v) is 2.98. The van der Waals surface area contributed by atoms with Gasteiger partial charge in [-0.2, -0.15) is 0 Å². The van der Waals surface area contributed by atoms with Gasteiger partial charge in [0.25, 0.3) is 5.91 Å². The summed E-state index contributed by atoms with van der Waals surface area (Å²) in [5.74, 6) is 0.0268. The van der Waals surface area contributed by atoms with E-state index in [1.54, 1.807) is 7.05 Å². The molecule has 16 heavy (non-hydrogen) atoms. The largest absolute Gasteiger partial charge is 0.354 e. The van der Waals surface area contributed by atoms with Gasteiger partial charge in [0.1, 0.15) is 6.04 Å². The van der Waals surface area contributed by atoms with Crippen molar-refractivity contribution in [2.24, 2.45) is 0 Å². The summed E-state index contributed by atoms with van der Waals surface area (Å²) in [4.78, 5) is 11.4. The summed E-state index contributed by atoms with van der Waals surface area (Å²) in [7, 11) is 1.65. The van der Waals surface area contributed by atoms with Gasteiger partial charge in [0.2, 0.25) is 0 Å². The van der Waals surface area contributed by atoms with Crippen LogP contribution in [0.4, 0.5) is 0 Å². The van der Waals surface area contributed by atoms with Gasteiger partial charge < -0.3 is 10.6 Å². The van der Waals surface area contributed by atoms with Crippen LogP contribution in [0.25, 0.3) is 0 Å². The predicted octanol–water partition coefficient (Wildman–Crippen LogP) is 1.10. The predicted molar refractivity (Wildman–Crippen MR) is 65.3 cm³/mol. The maximum Gasteiger partial charge on any atom is 0.277 e. The molecule has 1 amide bonds. The molecular weight excluding hydrogens is 224 g/mol. The number of halogens is 1. The normalized spacial score (nSPS) is 14.2. The Labute approximate surface area is 101 Å². The number of nitrogens with two attached hydrogens (primary N) is 1. The van der Waals surface area contributed by atoms with E-state index < -0.39 is 0 Å². The molecule has 0 saturated heterocycles. The molecule has 0 unspecified atom stereocenters. The maximum absolute atomic E-state index is 11.4. The molecule has 88 valence electrons. The molecule has 0 aliphatic carbocycles. The van der Waals surface area contributed by atoms with Gasteiger partial charge in [-0.15, -0.1) is 0 Å². The lowest BCUT2D eigenvalue weighted by Crippen LogP contribution is -2.92. The third-order valence-electron chi connectivity index (χ3n) is 2.63. The zero-order chi connectivity index (χ0) is 12.1. The Hall–Kier alpha value is -1.06. The van der Waals surface area contributed by atoms with Crippen LogP contribution in [-0.2, 0) is 4.79 Å². The molecule has 0 radical (unpaired) electrons. The molecule has 2 atom stereocenters. The quantitative estimate of drug-likeness (QED) is 0.815. The highest BCUT2D eigenvalue weighted by atomic mass is 35.5. The summed E-state index contributed by atoms with van der Waals surface area (Å²) >= 11 is 6.10. The number of hydrogen-bond acceptors (Lipinski definition) is 1. The van der Waals surface area contributed by atoms with E-state index >= 15 is 0 Å². The topological polar surface area (TPSA) is 45.7 Å². The molecule has 0 aromatic heterocycles. The second kappa shape index (κ2) is 5.87. The van der Waals surface area contributed by atoms with E-state index in [1.165, 1.54) is 0 Å². The molecule has 1 rings (SSSR count). The standard InChI is InChI=1S/C12H17ClN2O/c1-8(15-9(2)12(16)14-3)10-6-4-5-7-11(10)13/h4-9,15H,1-3H3,(H,14,16)/p+1/t8-,9-/m0/s1.